The molecule has 0 bridgehead atoms. The number of esters is 1. The normalized spacial score (nSPS) is 19.7. The highest BCUT2D eigenvalue weighted by molar-refractivity contribution is 7.13. The summed E-state index contributed by atoms with van der Waals surface area (Å²) in [6.07, 6.45) is 2.95. The van der Waals surface area contributed by atoms with Crippen molar-refractivity contribution < 1.29 is 37.0 Å². The van der Waals surface area contributed by atoms with Crippen molar-refractivity contribution in [2.45, 2.75) is 31.7 Å². The molecule has 2 amide bonds. The fourth-order valence-corrected chi connectivity index (χ4v) is 5.05. The predicted molar refractivity (Wildman–Crippen MR) is 138 cm³/mol. The molecule has 1 unspecified atom stereocenters. The molecule has 0 saturated carbocycles. The number of allylic oxidation sites excluding steroid dienone is 2. The van der Waals surface area contributed by atoms with Gasteiger partial charge in [0.15, 0.2) is 5.69 Å². The minimum atomic E-state index is -4.65. The van der Waals surface area contributed by atoms with Crippen LogP contribution in [-0.2, 0) is 25.2 Å². The van der Waals surface area contributed by atoms with E-state index in [0.29, 0.717) is 19.8 Å². The largest absolute Gasteiger partial charge is 0.465 e. The molecule has 0 radical (unpaired) electrons. The van der Waals surface area contributed by atoms with Crippen LogP contribution in [0.5, 0.6) is 0 Å². The second-order valence-corrected chi connectivity index (χ2v) is 9.62. The molecule has 2 aliphatic rings. The summed E-state index contributed by atoms with van der Waals surface area (Å²) in [4.78, 5) is 33.4. The van der Waals surface area contributed by atoms with E-state index in [1.54, 1.807) is 19.1 Å². The SMILES string of the molecule is CCNC(=O)Nc1cc(-c2nc(C(F)(F)F)cs2)c(C2=CC=CNC2(OCC2CCOCC2)C(=O)OC)cn1. The van der Waals surface area contributed by atoms with Gasteiger partial charge in [0.2, 0.25) is 0 Å². The molecule has 14 heteroatoms. The molecule has 3 N–H and O–H groups in total. The second kappa shape index (κ2) is 12.1. The van der Waals surface area contributed by atoms with Crippen LogP contribution in [0.3, 0.4) is 0 Å². The lowest BCUT2D eigenvalue weighted by Crippen LogP contribution is -2.55. The zero-order valence-electron chi connectivity index (χ0n) is 21.3. The van der Waals surface area contributed by atoms with Gasteiger partial charge in [-0.3, -0.25) is 5.32 Å². The molecule has 39 heavy (non-hydrogen) atoms. The highest BCUT2D eigenvalue weighted by Gasteiger charge is 2.47. The van der Waals surface area contributed by atoms with E-state index in [4.69, 9.17) is 14.2 Å². The number of carbonyl (C=O) groups is 2. The van der Waals surface area contributed by atoms with Crippen molar-refractivity contribution in [3.8, 4) is 10.6 Å². The van der Waals surface area contributed by atoms with Crippen LogP contribution in [0.25, 0.3) is 16.1 Å². The van der Waals surface area contributed by atoms with E-state index in [0.717, 1.165) is 29.6 Å². The van der Waals surface area contributed by atoms with E-state index in [-0.39, 0.29) is 40.1 Å². The van der Waals surface area contributed by atoms with Gasteiger partial charge >= 0.3 is 18.2 Å². The van der Waals surface area contributed by atoms with Gasteiger partial charge in [0.05, 0.1) is 13.7 Å². The lowest BCUT2D eigenvalue weighted by atomic mass is 9.90. The fourth-order valence-electron chi connectivity index (χ4n) is 4.20. The van der Waals surface area contributed by atoms with Crippen molar-refractivity contribution in [2.75, 3.05) is 38.8 Å². The average Bonchev–Trinajstić information content (AvgIpc) is 3.44. The first-order valence-corrected chi connectivity index (χ1v) is 13.1. The number of nitrogens with one attached hydrogen (secondary N) is 3. The van der Waals surface area contributed by atoms with E-state index in [2.05, 4.69) is 25.9 Å². The van der Waals surface area contributed by atoms with E-state index < -0.39 is 29.6 Å². The molecule has 2 aliphatic heterocycles. The second-order valence-electron chi connectivity index (χ2n) is 8.76. The molecule has 1 fully saturated rings. The van der Waals surface area contributed by atoms with Crippen molar-refractivity contribution in [3.63, 3.8) is 0 Å². The van der Waals surface area contributed by atoms with E-state index in [9.17, 15) is 22.8 Å². The molecule has 1 atom stereocenters. The van der Waals surface area contributed by atoms with Gasteiger partial charge in [-0.2, -0.15) is 13.2 Å². The Hall–Kier alpha value is -3.49. The number of hydrogen-bond acceptors (Lipinski definition) is 9. The number of ether oxygens (including phenoxy) is 3. The van der Waals surface area contributed by atoms with E-state index in [1.165, 1.54) is 25.6 Å². The topological polar surface area (TPSA) is 124 Å². The summed E-state index contributed by atoms with van der Waals surface area (Å²) in [5.74, 6) is -0.547. The number of aromatic nitrogens is 2. The number of dihydropyridines is 1. The zero-order valence-corrected chi connectivity index (χ0v) is 22.1. The zero-order chi connectivity index (χ0) is 28.0. The summed E-state index contributed by atoms with van der Waals surface area (Å²) in [5.41, 5.74) is -2.12. The summed E-state index contributed by atoms with van der Waals surface area (Å²) >= 11 is 0.772. The molecule has 0 aromatic carbocycles. The maximum Gasteiger partial charge on any atom is 0.434 e. The number of rotatable bonds is 8. The van der Waals surface area contributed by atoms with Crippen molar-refractivity contribution in [2.24, 2.45) is 5.92 Å². The van der Waals surface area contributed by atoms with Crippen molar-refractivity contribution in [1.29, 1.82) is 0 Å². The highest BCUT2D eigenvalue weighted by Crippen LogP contribution is 2.41. The van der Waals surface area contributed by atoms with Gasteiger partial charge in [-0.05, 0) is 44.0 Å². The van der Waals surface area contributed by atoms with Gasteiger partial charge in [0.1, 0.15) is 10.8 Å². The smallest absolute Gasteiger partial charge is 0.434 e. The molecule has 0 aliphatic carbocycles. The Labute approximate surface area is 226 Å². The fraction of sp³-hybridized carbons (Fsp3) is 0.440. The number of amides is 2. The van der Waals surface area contributed by atoms with Gasteiger partial charge in [-0.25, -0.2) is 19.6 Å². The van der Waals surface area contributed by atoms with Gasteiger partial charge < -0.3 is 24.8 Å². The molecule has 0 spiro atoms. The molecule has 2 aromatic rings. The number of carbonyl (C=O) groups excluding carboxylic acids is 2. The molecule has 4 rings (SSSR count). The summed E-state index contributed by atoms with van der Waals surface area (Å²) in [7, 11) is 1.22. The molecule has 1 saturated heterocycles. The average molecular weight is 568 g/mol. The van der Waals surface area contributed by atoms with Gasteiger partial charge in [-0.15, -0.1) is 11.3 Å². The van der Waals surface area contributed by atoms with Crippen LogP contribution >= 0.6 is 11.3 Å². The first kappa shape index (κ1) is 28.5. The Balaban J connectivity index is 1.80. The number of urea groups is 1. The summed E-state index contributed by atoms with van der Waals surface area (Å²) in [6.45, 7) is 3.45. The number of methoxy groups -OCH3 is 1. The number of halogens is 3. The number of anilines is 1. The molecular weight excluding hydrogens is 539 g/mol. The number of pyridine rings is 1. The first-order chi connectivity index (χ1) is 18.7. The van der Waals surface area contributed by atoms with E-state index in [1.807, 2.05) is 0 Å². The van der Waals surface area contributed by atoms with Crippen LogP contribution in [0, 0.1) is 5.92 Å². The number of nitrogens with zero attached hydrogens (tertiary/aromatic N) is 2. The predicted octanol–water partition coefficient (Wildman–Crippen LogP) is 4.18. The Morgan fingerprint density at radius 2 is 2.05 bits per heavy atom. The Kier molecular flexibility index (Phi) is 8.87. The molecule has 210 valence electrons. The third kappa shape index (κ3) is 6.40. The number of thiazole rings is 1. The first-order valence-electron chi connectivity index (χ1n) is 12.2. The Morgan fingerprint density at radius 3 is 2.72 bits per heavy atom. The highest BCUT2D eigenvalue weighted by atomic mass is 32.1. The number of alkyl halides is 3. The van der Waals surface area contributed by atoms with E-state index >= 15 is 0 Å². The maximum absolute atomic E-state index is 13.4. The van der Waals surface area contributed by atoms with Crippen molar-refractivity contribution >= 4 is 34.7 Å². The molecule has 10 nitrogen and oxygen atoms in total. The molecular formula is C25H28F3N5O5S. The summed E-state index contributed by atoms with van der Waals surface area (Å²) < 4.78 is 57.0. The monoisotopic (exact) mass is 567 g/mol. The lowest BCUT2D eigenvalue weighted by Gasteiger charge is -2.37. The van der Waals surface area contributed by atoms with Crippen LogP contribution in [0.2, 0.25) is 0 Å². The van der Waals surface area contributed by atoms with Gasteiger partial charge in [0.25, 0.3) is 5.72 Å². The summed E-state index contributed by atoms with van der Waals surface area (Å²) in [5, 5.41) is 8.99. The van der Waals surface area contributed by atoms with Crippen LogP contribution < -0.4 is 16.0 Å². The van der Waals surface area contributed by atoms with Crippen molar-refractivity contribution in [3.05, 3.63) is 47.3 Å². The van der Waals surface area contributed by atoms with Gasteiger partial charge in [0, 0.05) is 48.0 Å². The lowest BCUT2D eigenvalue weighted by molar-refractivity contribution is -0.166. The van der Waals surface area contributed by atoms with Gasteiger partial charge in [-0.1, -0.05) is 6.08 Å². The Morgan fingerprint density at radius 1 is 1.28 bits per heavy atom. The van der Waals surface area contributed by atoms with Crippen LogP contribution in [0.4, 0.5) is 23.8 Å². The Bertz CT molecular complexity index is 1260. The molecule has 2 aromatic heterocycles. The molecule has 4 heterocycles. The van der Waals surface area contributed by atoms with Crippen molar-refractivity contribution in [1.82, 2.24) is 20.6 Å². The third-order valence-electron chi connectivity index (χ3n) is 6.17. The van der Waals surface area contributed by atoms with Crippen LogP contribution in [0.15, 0.2) is 36.0 Å². The standard InChI is InChI=1S/C25H28F3N5O5S/c1-3-29-23(35)33-20-11-16(21-32-19(14-39-21)25(26,27)28)17(12-30-20)18-5-4-8-31-24(18,22(34)36-2)38-13-15-6-9-37-10-7-15/h4-5,8,11-12,14-15,31H,3,6-7,9-10,13H2,1-2H3,(H2,29,30,33,35). The minimum absolute atomic E-state index is 0.0114. The number of hydrogen-bond donors (Lipinski definition) is 3. The van der Waals surface area contributed by atoms with Crippen LogP contribution in [-0.4, -0.2) is 61.2 Å². The third-order valence-corrected chi connectivity index (χ3v) is 7.05. The summed E-state index contributed by atoms with van der Waals surface area (Å²) in [6, 6.07) is 0.868. The minimum Gasteiger partial charge on any atom is -0.465 e. The quantitative estimate of drug-likeness (QED) is 0.406. The van der Waals surface area contributed by atoms with Crippen LogP contribution in [0.1, 0.15) is 31.0 Å². The maximum atomic E-state index is 13.4.